The van der Waals surface area contributed by atoms with Crippen LogP contribution in [-0.4, -0.2) is 72.6 Å². The summed E-state index contributed by atoms with van der Waals surface area (Å²) in [5, 5.41) is 4.47. The summed E-state index contributed by atoms with van der Waals surface area (Å²) in [6, 6.07) is 15.0. The van der Waals surface area contributed by atoms with Gasteiger partial charge in [0.05, 0.1) is 24.3 Å². The van der Waals surface area contributed by atoms with Crippen molar-refractivity contribution in [1.82, 2.24) is 19.5 Å². The largest absolute Gasteiger partial charge is 0.486 e. The minimum Gasteiger partial charge on any atom is -0.486 e. The van der Waals surface area contributed by atoms with Crippen LogP contribution in [0.25, 0.3) is 27.9 Å². The molecule has 2 aromatic carbocycles. The minimum absolute atomic E-state index is 0.0702. The highest BCUT2D eigenvalue weighted by molar-refractivity contribution is 7.90. The van der Waals surface area contributed by atoms with E-state index in [0.29, 0.717) is 5.65 Å². The molecule has 0 unspecified atom stereocenters. The van der Waals surface area contributed by atoms with E-state index < -0.39 is 9.84 Å². The van der Waals surface area contributed by atoms with E-state index in [2.05, 4.69) is 15.0 Å². The highest BCUT2D eigenvalue weighted by Crippen LogP contribution is 2.41. The van der Waals surface area contributed by atoms with E-state index >= 15 is 0 Å². The topological polar surface area (TPSA) is 86.0 Å². The summed E-state index contributed by atoms with van der Waals surface area (Å²) in [5.74, 6) is 0.880. The van der Waals surface area contributed by atoms with Crippen LogP contribution >= 0.6 is 0 Å². The first-order valence-corrected chi connectivity index (χ1v) is 14.0. The Hall–Kier alpha value is -3.27. The number of fused-ring (bicyclic) bond motifs is 1. The molecule has 0 radical (unpaired) electrons. The van der Waals surface area contributed by atoms with E-state index in [4.69, 9.17) is 9.47 Å². The molecular weight excluding hydrogens is 476 g/mol. The maximum Gasteiger partial charge on any atom is 0.175 e. The minimum atomic E-state index is -3.30. The van der Waals surface area contributed by atoms with Gasteiger partial charge in [0.1, 0.15) is 11.4 Å². The van der Waals surface area contributed by atoms with Crippen LogP contribution in [0, 0.1) is 0 Å². The number of hydrogen-bond acceptors (Lipinski definition) is 7. The van der Waals surface area contributed by atoms with Crippen LogP contribution < -0.4 is 4.74 Å². The molecule has 0 bridgehead atoms. The lowest BCUT2D eigenvalue weighted by molar-refractivity contribution is 0.0140. The number of morpholine rings is 1. The van der Waals surface area contributed by atoms with Gasteiger partial charge >= 0.3 is 0 Å². The van der Waals surface area contributed by atoms with Gasteiger partial charge in [-0.05, 0) is 48.2 Å². The van der Waals surface area contributed by atoms with Gasteiger partial charge in [-0.15, -0.1) is 0 Å². The van der Waals surface area contributed by atoms with Crippen molar-refractivity contribution in [2.75, 3.05) is 39.1 Å². The second-order valence-electron chi connectivity index (χ2n) is 9.67. The summed E-state index contributed by atoms with van der Waals surface area (Å²) < 4.78 is 37.5. The Balaban J connectivity index is 1.20. The second-order valence-corrected chi connectivity index (χ2v) is 11.7. The molecule has 0 amide bonds. The van der Waals surface area contributed by atoms with Crippen LogP contribution in [0.2, 0.25) is 0 Å². The summed E-state index contributed by atoms with van der Waals surface area (Å²) in [6.07, 6.45) is 8.84. The van der Waals surface area contributed by atoms with Gasteiger partial charge in [-0.2, -0.15) is 5.10 Å². The Kier molecular flexibility index (Phi) is 5.78. The molecule has 1 saturated heterocycles. The first-order chi connectivity index (χ1) is 17.4. The average Bonchev–Trinajstić information content (AvgIpc) is 3.49. The fourth-order valence-corrected chi connectivity index (χ4v) is 5.35. The summed E-state index contributed by atoms with van der Waals surface area (Å²) in [4.78, 5) is 7.35. The molecule has 6 rings (SSSR count). The Morgan fingerprint density at radius 1 is 1.00 bits per heavy atom. The molecule has 1 aliphatic heterocycles. The van der Waals surface area contributed by atoms with Gasteiger partial charge in [0, 0.05) is 49.4 Å². The van der Waals surface area contributed by atoms with Gasteiger partial charge in [0.15, 0.2) is 15.5 Å². The van der Waals surface area contributed by atoms with Crippen molar-refractivity contribution in [2.45, 2.75) is 23.3 Å². The van der Waals surface area contributed by atoms with Crippen molar-refractivity contribution in [3.63, 3.8) is 0 Å². The van der Waals surface area contributed by atoms with E-state index in [9.17, 15) is 8.42 Å². The first-order valence-electron chi connectivity index (χ1n) is 12.1. The summed E-state index contributed by atoms with van der Waals surface area (Å²) in [6.45, 7) is 4.49. The van der Waals surface area contributed by atoms with Gasteiger partial charge in [0.25, 0.3) is 0 Å². The molecule has 1 aliphatic carbocycles. The molecule has 0 atom stereocenters. The van der Waals surface area contributed by atoms with E-state index in [1.807, 2.05) is 42.7 Å². The Morgan fingerprint density at radius 2 is 1.78 bits per heavy atom. The molecule has 186 valence electrons. The maximum atomic E-state index is 12.0. The van der Waals surface area contributed by atoms with Gasteiger partial charge < -0.3 is 9.47 Å². The molecule has 0 spiro atoms. The highest BCUT2D eigenvalue weighted by atomic mass is 32.2. The van der Waals surface area contributed by atoms with Crippen molar-refractivity contribution in [3.05, 3.63) is 67.1 Å². The Morgan fingerprint density at radius 3 is 2.50 bits per heavy atom. The summed E-state index contributed by atoms with van der Waals surface area (Å²) in [5.41, 5.74) is 4.10. The molecule has 2 fully saturated rings. The zero-order valence-corrected chi connectivity index (χ0v) is 20.9. The number of rotatable bonds is 7. The van der Waals surface area contributed by atoms with Crippen LogP contribution in [0.15, 0.2) is 72.0 Å². The molecular formula is C27H28N4O4S. The Labute approximate surface area is 210 Å². The molecule has 8 nitrogen and oxygen atoms in total. The smallest absolute Gasteiger partial charge is 0.175 e. The number of hydrogen-bond donors (Lipinski definition) is 0. The summed E-state index contributed by atoms with van der Waals surface area (Å²) >= 11 is 0. The van der Waals surface area contributed by atoms with Crippen molar-refractivity contribution in [1.29, 1.82) is 0 Å². The molecule has 3 heterocycles. The maximum absolute atomic E-state index is 12.0. The van der Waals surface area contributed by atoms with E-state index in [-0.39, 0.29) is 10.5 Å². The van der Waals surface area contributed by atoms with Gasteiger partial charge in [0.2, 0.25) is 0 Å². The monoisotopic (exact) mass is 504 g/mol. The standard InChI is InChI=1S/C27H28N4O4S/c1-36(32,33)24-4-2-3-21(15-24)25-17-29-31-18-22(16-28-26(25)31)20-5-7-23(8-6-20)35-27(9-10-27)19-30-11-13-34-14-12-30/h2-8,15-18H,9-14,19H2,1H3. The van der Waals surface area contributed by atoms with Gasteiger partial charge in [-0.25, -0.2) is 17.9 Å². The third-order valence-corrected chi connectivity index (χ3v) is 7.99. The summed E-state index contributed by atoms with van der Waals surface area (Å²) in [7, 11) is -3.30. The molecule has 9 heteroatoms. The lowest BCUT2D eigenvalue weighted by Crippen LogP contribution is -2.43. The lowest BCUT2D eigenvalue weighted by Gasteiger charge is -2.30. The quantitative estimate of drug-likeness (QED) is 0.379. The number of aromatic nitrogens is 3. The highest BCUT2D eigenvalue weighted by Gasteiger charge is 2.46. The molecule has 2 aliphatic rings. The first kappa shape index (κ1) is 23.1. The number of sulfone groups is 1. The molecule has 36 heavy (non-hydrogen) atoms. The fraction of sp³-hybridized carbons (Fsp3) is 0.333. The van der Waals surface area contributed by atoms with Crippen LogP contribution in [0.3, 0.4) is 0 Å². The predicted molar refractivity (Wildman–Crippen MR) is 137 cm³/mol. The van der Waals surface area contributed by atoms with Crippen LogP contribution in [0.4, 0.5) is 0 Å². The zero-order valence-electron chi connectivity index (χ0n) is 20.1. The van der Waals surface area contributed by atoms with Crippen molar-refractivity contribution >= 4 is 15.5 Å². The van der Waals surface area contributed by atoms with Crippen LogP contribution in [-0.2, 0) is 14.6 Å². The molecule has 0 N–H and O–H groups in total. The van der Waals surface area contributed by atoms with Gasteiger partial charge in [-0.3, -0.25) is 4.90 Å². The average molecular weight is 505 g/mol. The van der Waals surface area contributed by atoms with E-state index in [1.54, 1.807) is 28.9 Å². The number of nitrogens with zero attached hydrogens (tertiary/aromatic N) is 4. The Bertz CT molecular complexity index is 1500. The molecule has 4 aromatic rings. The van der Waals surface area contributed by atoms with Crippen LogP contribution in [0.5, 0.6) is 5.75 Å². The number of benzene rings is 2. The van der Waals surface area contributed by atoms with Crippen molar-refractivity contribution in [3.8, 4) is 28.0 Å². The number of ether oxygens (including phenoxy) is 2. The van der Waals surface area contributed by atoms with Crippen molar-refractivity contribution < 1.29 is 17.9 Å². The lowest BCUT2D eigenvalue weighted by atomic mass is 10.1. The molecule has 1 saturated carbocycles. The molecule has 2 aromatic heterocycles. The van der Waals surface area contributed by atoms with Crippen molar-refractivity contribution in [2.24, 2.45) is 0 Å². The second kappa shape index (κ2) is 8.99. The van der Waals surface area contributed by atoms with E-state index in [1.165, 1.54) is 6.26 Å². The fourth-order valence-electron chi connectivity index (χ4n) is 4.69. The zero-order chi connectivity index (χ0) is 24.8. The SMILES string of the molecule is CS(=O)(=O)c1cccc(-c2cnn3cc(-c4ccc(OC5(CN6CCOCC6)CC5)cc4)cnc23)c1. The van der Waals surface area contributed by atoms with E-state index in [0.717, 1.165) is 73.7 Å². The third-order valence-electron chi connectivity index (χ3n) is 6.87. The third kappa shape index (κ3) is 4.74. The normalized spacial score (nSPS) is 17.8. The van der Waals surface area contributed by atoms with Gasteiger partial charge in [-0.1, -0.05) is 24.3 Å². The van der Waals surface area contributed by atoms with Crippen LogP contribution in [0.1, 0.15) is 12.8 Å². The predicted octanol–water partition coefficient (Wildman–Crippen LogP) is 3.71.